The van der Waals surface area contributed by atoms with Crippen molar-refractivity contribution in [2.24, 2.45) is 0 Å². The average molecular weight is 474 g/mol. The van der Waals surface area contributed by atoms with E-state index in [1.54, 1.807) is 0 Å². The molecule has 3 aromatic carbocycles. The summed E-state index contributed by atoms with van der Waals surface area (Å²) in [4.78, 5) is 37.2. The fraction of sp³-hybridized carbons (Fsp3) is 0.148. The Hall–Kier alpha value is -4.46. The Morgan fingerprint density at radius 3 is 2.23 bits per heavy atom. The SMILES string of the molecule is C=CCN(CC(=O)O)C(=O)c1cccc(NC(=O)OCC2c3ccccc3-c3ccccc32)c1F. The Kier molecular flexibility index (Phi) is 6.91. The van der Waals surface area contributed by atoms with Gasteiger partial charge in [-0.2, -0.15) is 0 Å². The van der Waals surface area contributed by atoms with E-state index in [4.69, 9.17) is 9.84 Å². The summed E-state index contributed by atoms with van der Waals surface area (Å²) in [6, 6.07) is 19.7. The number of hydrogen-bond acceptors (Lipinski definition) is 4. The molecule has 1 aliphatic rings. The van der Waals surface area contributed by atoms with E-state index in [0.29, 0.717) is 0 Å². The molecule has 35 heavy (non-hydrogen) atoms. The van der Waals surface area contributed by atoms with Crippen LogP contribution in [0.5, 0.6) is 0 Å². The van der Waals surface area contributed by atoms with Crippen LogP contribution in [0.2, 0.25) is 0 Å². The van der Waals surface area contributed by atoms with Crippen molar-refractivity contribution < 1.29 is 28.6 Å². The first-order valence-corrected chi connectivity index (χ1v) is 10.9. The molecule has 2 N–H and O–H groups in total. The number of hydrogen-bond donors (Lipinski definition) is 2. The van der Waals surface area contributed by atoms with Crippen LogP contribution < -0.4 is 5.32 Å². The van der Waals surface area contributed by atoms with E-state index < -0.39 is 30.3 Å². The molecule has 0 spiro atoms. The Bertz CT molecular complexity index is 1260. The Balaban J connectivity index is 1.47. The lowest BCUT2D eigenvalue weighted by Crippen LogP contribution is -2.36. The van der Waals surface area contributed by atoms with Gasteiger partial charge >= 0.3 is 12.1 Å². The highest BCUT2D eigenvalue weighted by Gasteiger charge is 2.29. The number of rotatable bonds is 8. The first kappa shape index (κ1) is 23.7. The van der Waals surface area contributed by atoms with Crippen LogP contribution in [0.4, 0.5) is 14.9 Å². The van der Waals surface area contributed by atoms with Crippen LogP contribution in [0, 0.1) is 5.82 Å². The fourth-order valence-electron chi connectivity index (χ4n) is 4.25. The van der Waals surface area contributed by atoms with Crippen molar-refractivity contribution >= 4 is 23.7 Å². The zero-order valence-corrected chi connectivity index (χ0v) is 18.7. The predicted molar refractivity (Wildman–Crippen MR) is 129 cm³/mol. The van der Waals surface area contributed by atoms with E-state index in [1.165, 1.54) is 24.3 Å². The van der Waals surface area contributed by atoms with Crippen molar-refractivity contribution in [1.29, 1.82) is 0 Å². The van der Waals surface area contributed by atoms with E-state index in [0.717, 1.165) is 27.2 Å². The molecule has 0 heterocycles. The highest BCUT2D eigenvalue weighted by molar-refractivity contribution is 5.98. The minimum atomic E-state index is -1.24. The molecule has 0 unspecified atom stereocenters. The number of carbonyl (C=O) groups is 3. The smallest absolute Gasteiger partial charge is 0.411 e. The maximum atomic E-state index is 15.1. The van der Waals surface area contributed by atoms with Crippen LogP contribution >= 0.6 is 0 Å². The van der Waals surface area contributed by atoms with Crippen LogP contribution in [-0.2, 0) is 9.53 Å². The number of benzene rings is 3. The van der Waals surface area contributed by atoms with Gasteiger partial charge in [0.2, 0.25) is 0 Å². The van der Waals surface area contributed by atoms with Gasteiger partial charge in [-0.15, -0.1) is 6.58 Å². The third-order valence-corrected chi connectivity index (χ3v) is 5.77. The number of amides is 2. The summed E-state index contributed by atoms with van der Waals surface area (Å²) in [5.74, 6) is -3.21. The molecule has 0 saturated heterocycles. The van der Waals surface area contributed by atoms with E-state index in [1.807, 2.05) is 48.5 Å². The van der Waals surface area contributed by atoms with E-state index >= 15 is 4.39 Å². The van der Waals surface area contributed by atoms with Crippen molar-refractivity contribution in [2.45, 2.75) is 5.92 Å². The summed E-state index contributed by atoms with van der Waals surface area (Å²) in [5.41, 5.74) is 3.63. The molecule has 0 aromatic heterocycles. The number of aliphatic carboxylic acids is 1. The number of nitrogens with zero attached hydrogens (tertiary/aromatic N) is 1. The second kappa shape index (κ2) is 10.2. The fourth-order valence-corrected chi connectivity index (χ4v) is 4.25. The number of halogens is 1. The summed E-state index contributed by atoms with van der Waals surface area (Å²) >= 11 is 0. The third-order valence-electron chi connectivity index (χ3n) is 5.77. The van der Waals surface area contributed by atoms with Crippen molar-refractivity contribution in [2.75, 3.05) is 25.0 Å². The number of nitrogens with one attached hydrogen (secondary N) is 1. The van der Waals surface area contributed by atoms with Crippen LogP contribution in [0.3, 0.4) is 0 Å². The highest BCUT2D eigenvalue weighted by Crippen LogP contribution is 2.44. The zero-order valence-electron chi connectivity index (χ0n) is 18.7. The summed E-state index contributed by atoms with van der Waals surface area (Å²) < 4.78 is 20.5. The first-order valence-electron chi connectivity index (χ1n) is 10.9. The summed E-state index contributed by atoms with van der Waals surface area (Å²) in [6.45, 7) is 2.85. The van der Waals surface area contributed by atoms with Crippen molar-refractivity contribution in [3.63, 3.8) is 0 Å². The Morgan fingerprint density at radius 2 is 1.63 bits per heavy atom. The van der Waals surface area contributed by atoms with Gasteiger partial charge in [0.05, 0.1) is 11.3 Å². The first-order chi connectivity index (χ1) is 16.9. The number of ether oxygens (including phenoxy) is 1. The molecule has 8 heteroatoms. The lowest BCUT2D eigenvalue weighted by Gasteiger charge is -2.20. The molecule has 0 bridgehead atoms. The standard InChI is InChI=1S/C27H23FN2O5/c1-2-14-30(15-24(31)32)26(33)21-12-7-13-23(25(21)28)29-27(34)35-16-22-19-10-5-3-8-17(19)18-9-4-6-11-20(18)22/h2-13,22H,1,14-16H2,(H,29,34)(H,31,32). The highest BCUT2D eigenvalue weighted by atomic mass is 19.1. The number of carbonyl (C=O) groups excluding carboxylic acids is 2. The average Bonchev–Trinajstić information content (AvgIpc) is 3.17. The van der Waals surface area contributed by atoms with Gasteiger partial charge in [0.15, 0.2) is 5.82 Å². The molecule has 0 aliphatic heterocycles. The normalized spacial score (nSPS) is 11.8. The van der Waals surface area contributed by atoms with Crippen LogP contribution in [0.25, 0.3) is 11.1 Å². The van der Waals surface area contributed by atoms with Gasteiger partial charge in [0.25, 0.3) is 5.91 Å². The molecular weight excluding hydrogens is 451 g/mol. The van der Waals surface area contributed by atoms with Crippen molar-refractivity contribution in [3.8, 4) is 11.1 Å². The molecule has 178 valence electrons. The van der Waals surface area contributed by atoms with Crippen LogP contribution in [0.15, 0.2) is 79.4 Å². The molecule has 4 rings (SSSR count). The summed E-state index contributed by atoms with van der Waals surface area (Å²) in [5, 5.41) is 11.4. The van der Waals surface area contributed by atoms with Crippen molar-refractivity contribution in [1.82, 2.24) is 4.90 Å². The van der Waals surface area contributed by atoms with Gasteiger partial charge in [0.1, 0.15) is 13.2 Å². The minimum absolute atomic E-state index is 0.0474. The molecule has 1 aliphatic carbocycles. The van der Waals surface area contributed by atoms with Gasteiger partial charge in [-0.25, -0.2) is 9.18 Å². The van der Waals surface area contributed by atoms with E-state index in [9.17, 15) is 14.4 Å². The van der Waals surface area contributed by atoms with Gasteiger partial charge in [-0.05, 0) is 34.4 Å². The molecule has 0 atom stereocenters. The van der Waals surface area contributed by atoms with Gasteiger partial charge in [-0.1, -0.05) is 60.7 Å². The second-order valence-electron chi connectivity index (χ2n) is 7.99. The summed E-state index contributed by atoms with van der Waals surface area (Å²) in [7, 11) is 0. The lowest BCUT2D eigenvalue weighted by atomic mass is 9.98. The number of carboxylic acid groups (broad SMARTS) is 1. The number of carboxylic acids is 1. The largest absolute Gasteiger partial charge is 0.480 e. The van der Waals surface area contributed by atoms with Gasteiger partial charge < -0.3 is 14.7 Å². The van der Waals surface area contributed by atoms with Gasteiger partial charge in [0, 0.05) is 12.5 Å². The van der Waals surface area contributed by atoms with Crippen LogP contribution in [0.1, 0.15) is 27.4 Å². The zero-order chi connectivity index (χ0) is 24.9. The quantitative estimate of drug-likeness (QED) is 0.453. The molecule has 7 nitrogen and oxygen atoms in total. The molecule has 0 saturated carbocycles. The topological polar surface area (TPSA) is 95.9 Å². The predicted octanol–water partition coefficient (Wildman–Crippen LogP) is 4.90. The molecule has 0 radical (unpaired) electrons. The molecule has 3 aromatic rings. The monoisotopic (exact) mass is 474 g/mol. The maximum Gasteiger partial charge on any atom is 0.411 e. The Morgan fingerprint density at radius 1 is 1.00 bits per heavy atom. The summed E-state index contributed by atoms with van der Waals surface area (Å²) in [6.07, 6.45) is 0.473. The van der Waals surface area contributed by atoms with Crippen LogP contribution in [-0.4, -0.2) is 47.7 Å². The Labute approximate surface area is 201 Å². The lowest BCUT2D eigenvalue weighted by molar-refractivity contribution is -0.137. The third kappa shape index (κ3) is 4.91. The molecule has 0 fully saturated rings. The maximum absolute atomic E-state index is 15.1. The van der Waals surface area contributed by atoms with Gasteiger partial charge in [-0.3, -0.25) is 14.9 Å². The number of anilines is 1. The van der Waals surface area contributed by atoms with Crippen molar-refractivity contribution in [3.05, 3.63) is 102 Å². The number of fused-ring (bicyclic) bond motifs is 3. The molecular formula is C27H23FN2O5. The molecule has 2 amide bonds. The second-order valence-corrected chi connectivity index (χ2v) is 7.99. The van der Waals surface area contributed by atoms with E-state index in [2.05, 4.69) is 11.9 Å². The minimum Gasteiger partial charge on any atom is -0.480 e. The van der Waals surface area contributed by atoms with E-state index in [-0.39, 0.29) is 30.3 Å².